The van der Waals surface area contributed by atoms with Gasteiger partial charge in [0.15, 0.2) is 0 Å². The van der Waals surface area contributed by atoms with E-state index in [4.69, 9.17) is 5.26 Å². The lowest BCUT2D eigenvalue weighted by Crippen LogP contribution is -2.49. The minimum Gasteiger partial charge on any atom is -0.345 e. The van der Waals surface area contributed by atoms with Crippen LogP contribution < -0.4 is 0 Å². The molecule has 0 spiro atoms. The third kappa shape index (κ3) is 2.09. The van der Waals surface area contributed by atoms with E-state index in [1.165, 1.54) is 0 Å². The molecule has 0 aromatic carbocycles. The number of rotatable bonds is 1. The number of carbonyl (C=O) groups excluding carboxylic acids is 2. The maximum Gasteiger partial charge on any atom is 0.270 e. The lowest BCUT2D eigenvalue weighted by molar-refractivity contribution is -0.130. The van der Waals surface area contributed by atoms with Crippen molar-refractivity contribution in [2.75, 3.05) is 20.1 Å². The van der Waals surface area contributed by atoms with Gasteiger partial charge in [-0.25, -0.2) is 0 Å². The molecule has 3 heterocycles. The second kappa shape index (κ2) is 4.92. The quantitative estimate of drug-likeness (QED) is 0.758. The number of hydrogen-bond acceptors (Lipinski definition) is 3. The van der Waals surface area contributed by atoms with Crippen LogP contribution >= 0.6 is 0 Å². The van der Waals surface area contributed by atoms with E-state index in [0.717, 1.165) is 12.8 Å². The van der Waals surface area contributed by atoms with E-state index < -0.39 is 0 Å². The van der Waals surface area contributed by atoms with E-state index in [0.29, 0.717) is 24.3 Å². The highest BCUT2D eigenvalue weighted by Crippen LogP contribution is 2.32. The molecule has 2 atom stereocenters. The predicted molar refractivity (Wildman–Crippen MR) is 75.3 cm³/mol. The highest BCUT2D eigenvalue weighted by molar-refractivity contribution is 5.94. The molecule has 110 valence electrons. The number of hydrogen-bond donors (Lipinski definition) is 0. The van der Waals surface area contributed by atoms with Crippen molar-refractivity contribution in [3.8, 4) is 6.07 Å². The van der Waals surface area contributed by atoms with Crippen LogP contribution in [0.3, 0.4) is 0 Å². The summed E-state index contributed by atoms with van der Waals surface area (Å²) in [5.74, 6) is -0.0118. The Morgan fingerprint density at radius 3 is 2.86 bits per heavy atom. The molecule has 0 radical (unpaired) electrons. The highest BCUT2D eigenvalue weighted by Gasteiger charge is 2.45. The second-order valence-electron chi connectivity index (χ2n) is 5.87. The number of likely N-dealkylation sites (tertiary alicyclic amines) is 2. The molecule has 1 aromatic rings. The van der Waals surface area contributed by atoms with Crippen molar-refractivity contribution < 1.29 is 9.59 Å². The van der Waals surface area contributed by atoms with E-state index in [9.17, 15) is 9.59 Å². The molecule has 21 heavy (non-hydrogen) atoms. The summed E-state index contributed by atoms with van der Waals surface area (Å²) in [6.07, 6.45) is 3.36. The van der Waals surface area contributed by atoms with Crippen molar-refractivity contribution in [3.63, 3.8) is 0 Å². The molecule has 0 N–H and O–H groups in total. The van der Waals surface area contributed by atoms with Gasteiger partial charge < -0.3 is 14.4 Å². The maximum absolute atomic E-state index is 12.8. The Morgan fingerprint density at radius 2 is 2.19 bits per heavy atom. The molecule has 6 nitrogen and oxygen atoms in total. The molecule has 2 aliphatic heterocycles. The summed E-state index contributed by atoms with van der Waals surface area (Å²) >= 11 is 0. The number of nitriles is 1. The molecule has 2 aliphatic rings. The summed E-state index contributed by atoms with van der Waals surface area (Å²) in [6.45, 7) is 1.28. The zero-order valence-corrected chi connectivity index (χ0v) is 12.2. The van der Waals surface area contributed by atoms with Gasteiger partial charge in [-0.2, -0.15) is 5.26 Å². The highest BCUT2D eigenvalue weighted by atomic mass is 16.2. The summed E-state index contributed by atoms with van der Waals surface area (Å²) < 4.78 is 1.69. The van der Waals surface area contributed by atoms with Crippen molar-refractivity contribution in [2.45, 2.75) is 18.9 Å². The molecule has 3 rings (SSSR count). The molecule has 0 bridgehead atoms. The van der Waals surface area contributed by atoms with Gasteiger partial charge in [0.1, 0.15) is 11.8 Å². The number of piperidine rings is 1. The SMILES string of the molecule is CN1C[C@@H]2[C@@H](CCCN2C(=O)c2cc(C#N)cn2C)C1=O. The number of likely N-dealkylation sites (N-methyl/N-ethyl adjacent to an activating group) is 1. The van der Waals surface area contributed by atoms with Gasteiger partial charge in [0.25, 0.3) is 5.91 Å². The molecular formula is C15H18N4O2. The molecule has 2 saturated heterocycles. The van der Waals surface area contributed by atoms with Gasteiger partial charge in [-0.15, -0.1) is 0 Å². The first-order valence-electron chi connectivity index (χ1n) is 7.15. The van der Waals surface area contributed by atoms with Crippen molar-refractivity contribution in [2.24, 2.45) is 13.0 Å². The second-order valence-corrected chi connectivity index (χ2v) is 5.87. The van der Waals surface area contributed by atoms with Gasteiger partial charge in [0.05, 0.1) is 17.5 Å². The summed E-state index contributed by atoms with van der Waals surface area (Å²) in [7, 11) is 3.56. The fraction of sp³-hybridized carbons (Fsp3) is 0.533. The summed E-state index contributed by atoms with van der Waals surface area (Å²) in [5, 5.41) is 8.95. The van der Waals surface area contributed by atoms with E-state index in [1.54, 1.807) is 35.8 Å². The van der Waals surface area contributed by atoms with Crippen molar-refractivity contribution in [1.82, 2.24) is 14.4 Å². The van der Waals surface area contributed by atoms with Gasteiger partial charge >= 0.3 is 0 Å². The van der Waals surface area contributed by atoms with Crippen molar-refractivity contribution in [3.05, 3.63) is 23.5 Å². The van der Waals surface area contributed by atoms with Crippen molar-refractivity contribution in [1.29, 1.82) is 5.26 Å². The first-order valence-corrected chi connectivity index (χ1v) is 7.15. The lowest BCUT2D eigenvalue weighted by Gasteiger charge is -2.35. The van der Waals surface area contributed by atoms with Crippen LogP contribution in [0, 0.1) is 17.2 Å². The average molecular weight is 286 g/mol. The van der Waals surface area contributed by atoms with Crippen LogP contribution in [0.15, 0.2) is 12.3 Å². The van der Waals surface area contributed by atoms with Gasteiger partial charge in [-0.05, 0) is 18.9 Å². The van der Waals surface area contributed by atoms with Crippen LogP contribution in [-0.4, -0.2) is 52.4 Å². The van der Waals surface area contributed by atoms with Crippen LogP contribution in [0.4, 0.5) is 0 Å². The van der Waals surface area contributed by atoms with Crippen LogP contribution in [0.25, 0.3) is 0 Å². The number of nitrogens with zero attached hydrogens (tertiary/aromatic N) is 4. The van der Waals surface area contributed by atoms with Gasteiger partial charge in [0.2, 0.25) is 5.91 Å². The molecule has 6 heteroatoms. The smallest absolute Gasteiger partial charge is 0.270 e. The van der Waals surface area contributed by atoms with Crippen LogP contribution in [0.2, 0.25) is 0 Å². The first-order chi connectivity index (χ1) is 10.0. The molecule has 0 unspecified atom stereocenters. The normalized spacial score (nSPS) is 24.9. The first kappa shape index (κ1) is 13.7. The Bertz CT molecular complexity index is 643. The molecule has 2 amide bonds. The number of fused-ring (bicyclic) bond motifs is 1. The molecule has 0 saturated carbocycles. The Kier molecular flexibility index (Phi) is 3.20. The van der Waals surface area contributed by atoms with E-state index >= 15 is 0 Å². The Morgan fingerprint density at radius 1 is 1.43 bits per heavy atom. The fourth-order valence-electron chi connectivity index (χ4n) is 3.46. The molecular weight excluding hydrogens is 268 g/mol. The lowest BCUT2D eigenvalue weighted by atomic mass is 9.91. The van der Waals surface area contributed by atoms with Crippen LogP contribution in [-0.2, 0) is 11.8 Å². The third-order valence-corrected chi connectivity index (χ3v) is 4.55. The topological polar surface area (TPSA) is 69.3 Å². The van der Waals surface area contributed by atoms with E-state index in [1.807, 2.05) is 4.90 Å². The monoisotopic (exact) mass is 286 g/mol. The van der Waals surface area contributed by atoms with Gasteiger partial charge in [-0.1, -0.05) is 0 Å². The molecule has 1 aromatic heterocycles. The number of aryl methyl sites for hydroxylation is 1. The maximum atomic E-state index is 12.8. The third-order valence-electron chi connectivity index (χ3n) is 4.55. The fourth-order valence-corrected chi connectivity index (χ4v) is 3.46. The summed E-state index contributed by atoms with van der Waals surface area (Å²) in [5.41, 5.74) is 0.989. The molecule has 2 fully saturated rings. The largest absolute Gasteiger partial charge is 0.345 e. The van der Waals surface area contributed by atoms with Crippen LogP contribution in [0.1, 0.15) is 28.9 Å². The minimum atomic E-state index is -0.0863. The molecule has 0 aliphatic carbocycles. The Balaban J connectivity index is 1.89. The standard InChI is InChI=1S/C15H18N4O2/c1-17-8-10(7-16)6-12(17)15(21)19-5-3-4-11-13(19)9-18(2)14(11)20/h6,8,11,13H,3-5,9H2,1-2H3/t11-,13-/m1/s1. The van der Waals surface area contributed by atoms with Gasteiger partial charge in [-0.3, -0.25) is 9.59 Å². The zero-order chi connectivity index (χ0) is 15.1. The Hall–Kier alpha value is -2.29. The van der Waals surface area contributed by atoms with E-state index in [-0.39, 0.29) is 23.8 Å². The van der Waals surface area contributed by atoms with E-state index in [2.05, 4.69) is 6.07 Å². The summed E-state index contributed by atoms with van der Waals surface area (Å²) in [4.78, 5) is 28.4. The predicted octanol–water partition coefficient (Wildman–Crippen LogP) is 0.590. The Labute approximate surface area is 123 Å². The minimum absolute atomic E-state index is 0.0378. The van der Waals surface area contributed by atoms with Crippen molar-refractivity contribution >= 4 is 11.8 Å². The van der Waals surface area contributed by atoms with Gasteiger partial charge in [0, 0.05) is 33.4 Å². The van der Waals surface area contributed by atoms with Crippen LogP contribution in [0.5, 0.6) is 0 Å². The number of carbonyl (C=O) groups is 2. The number of amides is 2. The average Bonchev–Trinajstić information content (AvgIpc) is 2.99. The number of aromatic nitrogens is 1. The zero-order valence-electron chi connectivity index (χ0n) is 12.2. The summed E-state index contributed by atoms with van der Waals surface area (Å²) in [6, 6.07) is 3.63.